The molecule has 1 aromatic heterocycles. The number of amides is 1. The van der Waals surface area contributed by atoms with E-state index in [0.717, 1.165) is 5.56 Å². The molecule has 0 saturated heterocycles. The minimum Gasteiger partial charge on any atom is -0.504 e. The molecule has 1 amide bonds. The lowest BCUT2D eigenvalue weighted by Crippen LogP contribution is -2.13. The average molecular weight is 258 g/mol. The van der Waals surface area contributed by atoms with Crippen LogP contribution in [-0.4, -0.2) is 23.1 Å². The molecule has 2 N–H and O–H groups in total. The number of phenols is 1. The summed E-state index contributed by atoms with van der Waals surface area (Å²) in [5, 5.41) is 12.2. The average Bonchev–Trinajstić information content (AvgIpc) is 2.39. The molecule has 1 heterocycles. The zero-order valence-electron chi connectivity index (χ0n) is 10.7. The second-order valence-electron chi connectivity index (χ2n) is 4.06. The number of nitrogens with one attached hydrogen (secondary N) is 1. The highest BCUT2D eigenvalue weighted by atomic mass is 16.5. The SMILES string of the molecule is COc1cc(C(=O)Nc2cc(C)ccn2)ccc1O. The van der Waals surface area contributed by atoms with E-state index in [-0.39, 0.29) is 17.4 Å². The summed E-state index contributed by atoms with van der Waals surface area (Å²) in [6, 6.07) is 8.02. The number of aromatic hydroxyl groups is 1. The van der Waals surface area contributed by atoms with Gasteiger partial charge in [0, 0.05) is 11.8 Å². The molecule has 2 aromatic rings. The van der Waals surface area contributed by atoms with Crippen molar-refractivity contribution in [3.05, 3.63) is 47.7 Å². The molecule has 0 radical (unpaired) electrons. The van der Waals surface area contributed by atoms with Crippen molar-refractivity contribution in [2.75, 3.05) is 12.4 Å². The van der Waals surface area contributed by atoms with Gasteiger partial charge in [0.15, 0.2) is 11.5 Å². The molecule has 5 nitrogen and oxygen atoms in total. The summed E-state index contributed by atoms with van der Waals surface area (Å²) in [5.74, 6) is 0.422. The highest BCUT2D eigenvalue weighted by Crippen LogP contribution is 2.26. The number of anilines is 1. The molecule has 0 aliphatic heterocycles. The molecule has 0 aliphatic carbocycles. The molecule has 0 unspecified atom stereocenters. The highest BCUT2D eigenvalue weighted by molar-refractivity contribution is 6.04. The summed E-state index contributed by atoms with van der Waals surface area (Å²) in [5.41, 5.74) is 1.39. The third-order valence-corrected chi connectivity index (χ3v) is 2.60. The van der Waals surface area contributed by atoms with Crippen LogP contribution in [0.15, 0.2) is 36.5 Å². The zero-order chi connectivity index (χ0) is 13.8. The minimum absolute atomic E-state index is 0.00673. The Bertz CT molecular complexity index is 611. The Balaban J connectivity index is 2.20. The number of rotatable bonds is 3. The van der Waals surface area contributed by atoms with E-state index < -0.39 is 0 Å². The van der Waals surface area contributed by atoms with E-state index in [1.54, 1.807) is 12.3 Å². The lowest BCUT2D eigenvalue weighted by molar-refractivity contribution is 0.102. The van der Waals surface area contributed by atoms with Gasteiger partial charge in [-0.25, -0.2) is 4.98 Å². The Hall–Kier alpha value is -2.56. The Labute approximate surface area is 110 Å². The summed E-state index contributed by atoms with van der Waals surface area (Å²) in [7, 11) is 1.43. The van der Waals surface area contributed by atoms with Crippen molar-refractivity contribution in [1.82, 2.24) is 4.98 Å². The van der Waals surface area contributed by atoms with Gasteiger partial charge in [-0.3, -0.25) is 4.79 Å². The number of nitrogens with zero attached hydrogens (tertiary/aromatic N) is 1. The van der Waals surface area contributed by atoms with Gasteiger partial charge in [-0.1, -0.05) is 0 Å². The fourth-order valence-electron chi connectivity index (χ4n) is 1.61. The van der Waals surface area contributed by atoms with Crippen LogP contribution in [0.3, 0.4) is 0 Å². The van der Waals surface area contributed by atoms with E-state index in [1.165, 1.54) is 25.3 Å². The predicted molar refractivity (Wildman–Crippen MR) is 71.6 cm³/mol. The monoisotopic (exact) mass is 258 g/mol. The maximum absolute atomic E-state index is 12.0. The van der Waals surface area contributed by atoms with E-state index in [2.05, 4.69) is 10.3 Å². The van der Waals surface area contributed by atoms with Crippen molar-refractivity contribution >= 4 is 11.7 Å². The Kier molecular flexibility index (Phi) is 3.66. The summed E-state index contributed by atoms with van der Waals surface area (Å²) in [6.07, 6.45) is 1.63. The van der Waals surface area contributed by atoms with Gasteiger partial charge >= 0.3 is 0 Å². The zero-order valence-corrected chi connectivity index (χ0v) is 10.7. The fourth-order valence-corrected chi connectivity index (χ4v) is 1.61. The molecule has 1 aromatic carbocycles. The summed E-state index contributed by atoms with van der Waals surface area (Å²) < 4.78 is 4.96. The van der Waals surface area contributed by atoms with Crippen LogP contribution in [0.4, 0.5) is 5.82 Å². The van der Waals surface area contributed by atoms with Crippen LogP contribution in [0.25, 0.3) is 0 Å². The summed E-state index contributed by atoms with van der Waals surface area (Å²) >= 11 is 0. The molecule has 0 spiro atoms. The van der Waals surface area contributed by atoms with Crippen molar-refractivity contribution < 1.29 is 14.6 Å². The summed E-state index contributed by atoms with van der Waals surface area (Å²) in [4.78, 5) is 16.1. The Morgan fingerprint density at radius 3 is 2.79 bits per heavy atom. The molecule has 2 rings (SSSR count). The standard InChI is InChI=1S/C14H14N2O3/c1-9-5-6-15-13(7-9)16-14(18)10-3-4-11(17)12(8-10)19-2/h3-8,17H,1-2H3,(H,15,16,18). The molecule has 0 atom stereocenters. The number of carbonyl (C=O) groups excluding carboxylic acids is 1. The Morgan fingerprint density at radius 1 is 1.32 bits per heavy atom. The van der Waals surface area contributed by atoms with E-state index >= 15 is 0 Å². The van der Waals surface area contributed by atoms with Crippen LogP contribution in [0.2, 0.25) is 0 Å². The van der Waals surface area contributed by atoms with Gasteiger partial charge in [-0.15, -0.1) is 0 Å². The smallest absolute Gasteiger partial charge is 0.256 e. The first-order chi connectivity index (χ1) is 9.10. The minimum atomic E-state index is -0.309. The van der Waals surface area contributed by atoms with Gasteiger partial charge in [-0.2, -0.15) is 0 Å². The number of phenolic OH excluding ortho intramolecular Hbond substituents is 1. The van der Waals surface area contributed by atoms with Crippen LogP contribution < -0.4 is 10.1 Å². The second kappa shape index (κ2) is 5.39. The Morgan fingerprint density at radius 2 is 2.11 bits per heavy atom. The molecule has 0 saturated carbocycles. The normalized spacial score (nSPS) is 10.0. The van der Waals surface area contributed by atoms with Crippen LogP contribution in [0, 0.1) is 6.92 Å². The maximum atomic E-state index is 12.0. The van der Waals surface area contributed by atoms with Crippen molar-refractivity contribution in [2.24, 2.45) is 0 Å². The fraction of sp³-hybridized carbons (Fsp3) is 0.143. The van der Waals surface area contributed by atoms with Gasteiger partial charge in [0.2, 0.25) is 0 Å². The quantitative estimate of drug-likeness (QED) is 0.886. The van der Waals surface area contributed by atoms with Crippen molar-refractivity contribution in [1.29, 1.82) is 0 Å². The van der Waals surface area contributed by atoms with Gasteiger partial charge in [0.1, 0.15) is 5.82 Å². The van der Waals surface area contributed by atoms with Crippen LogP contribution in [0.5, 0.6) is 11.5 Å². The number of hydrogen-bond donors (Lipinski definition) is 2. The third-order valence-electron chi connectivity index (χ3n) is 2.60. The molecule has 5 heteroatoms. The third kappa shape index (κ3) is 3.01. The number of ether oxygens (including phenoxy) is 1. The number of aromatic nitrogens is 1. The molecule has 0 fully saturated rings. The van der Waals surface area contributed by atoms with Gasteiger partial charge in [0.05, 0.1) is 7.11 Å². The van der Waals surface area contributed by atoms with Crippen molar-refractivity contribution in [3.63, 3.8) is 0 Å². The van der Waals surface area contributed by atoms with E-state index in [1.807, 2.05) is 13.0 Å². The first kappa shape index (κ1) is 12.9. The first-order valence-corrected chi connectivity index (χ1v) is 5.71. The summed E-state index contributed by atoms with van der Waals surface area (Å²) in [6.45, 7) is 1.92. The molecule has 0 aliphatic rings. The van der Waals surface area contributed by atoms with Crippen LogP contribution >= 0.6 is 0 Å². The number of pyridine rings is 1. The van der Waals surface area contributed by atoms with E-state index in [4.69, 9.17) is 4.74 Å². The molecule has 19 heavy (non-hydrogen) atoms. The first-order valence-electron chi connectivity index (χ1n) is 5.71. The van der Waals surface area contributed by atoms with Crippen LogP contribution in [0.1, 0.15) is 15.9 Å². The largest absolute Gasteiger partial charge is 0.504 e. The van der Waals surface area contributed by atoms with E-state index in [9.17, 15) is 9.90 Å². The molecule has 98 valence electrons. The molecular formula is C14H14N2O3. The van der Waals surface area contributed by atoms with Gasteiger partial charge in [0.25, 0.3) is 5.91 Å². The number of aryl methyl sites for hydroxylation is 1. The van der Waals surface area contributed by atoms with Gasteiger partial charge < -0.3 is 15.2 Å². The number of methoxy groups -OCH3 is 1. The van der Waals surface area contributed by atoms with Crippen molar-refractivity contribution in [3.8, 4) is 11.5 Å². The topological polar surface area (TPSA) is 71.5 Å². The number of benzene rings is 1. The van der Waals surface area contributed by atoms with Crippen molar-refractivity contribution in [2.45, 2.75) is 6.92 Å². The lowest BCUT2D eigenvalue weighted by atomic mass is 10.2. The molecular weight excluding hydrogens is 244 g/mol. The highest BCUT2D eigenvalue weighted by Gasteiger charge is 2.10. The maximum Gasteiger partial charge on any atom is 0.256 e. The number of carbonyl (C=O) groups is 1. The van der Waals surface area contributed by atoms with E-state index in [0.29, 0.717) is 11.4 Å². The second-order valence-corrected chi connectivity index (χ2v) is 4.06. The predicted octanol–water partition coefficient (Wildman–Crippen LogP) is 2.36. The lowest BCUT2D eigenvalue weighted by Gasteiger charge is -2.07. The van der Waals surface area contributed by atoms with Crippen LogP contribution in [-0.2, 0) is 0 Å². The molecule has 0 bridgehead atoms. The number of hydrogen-bond acceptors (Lipinski definition) is 4. The van der Waals surface area contributed by atoms with Gasteiger partial charge in [-0.05, 0) is 42.8 Å².